The predicted molar refractivity (Wildman–Crippen MR) is 81.9 cm³/mol. The van der Waals surface area contributed by atoms with E-state index < -0.39 is 36.7 Å². The Morgan fingerprint density at radius 1 is 1.25 bits per heavy atom. The van der Waals surface area contributed by atoms with Gasteiger partial charge in [-0.3, -0.25) is 0 Å². The minimum absolute atomic E-state index is 0.139. The van der Waals surface area contributed by atoms with Crippen LogP contribution in [-0.4, -0.2) is 41.8 Å². The summed E-state index contributed by atoms with van der Waals surface area (Å²) in [5.74, 6) is -3.14. The molecular weight excluding hydrogens is 397 g/mol. The Hall–Kier alpha value is -2.93. The molecule has 0 aliphatic rings. The van der Waals surface area contributed by atoms with E-state index in [1.54, 1.807) is 0 Å². The van der Waals surface area contributed by atoms with Gasteiger partial charge in [-0.25, -0.2) is 0 Å². The van der Waals surface area contributed by atoms with Crippen molar-refractivity contribution in [3.63, 3.8) is 0 Å². The molecule has 1 N–H and O–H groups in total. The molecule has 1 atom stereocenters. The number of aromatic nitrogens is 2. The van der Waals surface area contributed by atoms with Crippen LogP contribution in [0.15, 0.2) is 33.8 Å². The summed E-state index contributed by atoms with van der Waals surface area (Å²) < 4.78 is 77.1. The number of alkyl halides is 6. The van der Waals surface area contributed by atoms with Crippen LogP contribution in [0.2, 0.25) is 0 Å². The fourth-order valence-electron chi connectivity index (χ4n) is 1.80. The van der Waals surface area contributed by atoms with Gasteiger partial charge in [0.1, 0.15) is 0 Å². The van der Waals surface area contributed by atoms with Crippen molar-refractivity contribution in [2.75, 3.05) is 6.61 Å². The molecule has 0 bridgehead atoms. The van der Waals surface area contributed by atoms with Gasteiger partial charge in [0.15, 0.2) is 0 Å². The second-order valence-corrected chi connectivity index (χ2v) is 5.40. The summed E-state index contributed by atoms with van der Waals surface area (Å²) in [6.45, 7) is -0.109. The quantitative estimate of drug-likeness (QED) is 0.451. The zero-order valence-corrected chi connectivity index (χ0v) is 14.0. The fraction of sp³-hybridized carbons (Fsp3) is 0.357. The van der Waals surface area contributed by atoms with Gasteiger partial charge in [0.05, 0.1) is 0 Å². The van der Waals surface area contributed by atoms with Crippen LogP contribution in [-0.2, 0) is 11.0 Å². The van der Waals surface area contributed by atoms with Crippen LogP contribution >= 0.6 is 0 Å². The van der Waals surface area contributed by atoms with Crippen LogP contribution < -0.4 is 5.32 Å². The molecule has 2 aromatic rings. The van der Waals surface area contributed by atoms with E-state index in [0.717, 1.165) is 7.07 Å². The van der Waals surface area contributed by atoms with Crippen molar-refractivity contribution in [3.05, 3.63) is 35.7 Å². The summed E-state index contributed by atoms with van der Waals surface area (Å²) in [6.07, 6.45) is -9.29. The number of hydrogen-bond donors (Lipinski definition) is 1. The molecule has 0 aliphatic carbocycles. The molecular formula is C14H11BF6N4O3. The van der Waals surface area contributed by atoms with Crippen molar-refractivity contribution >= 4 is 13.0 Å². The molecule has 1 aromatic carbocycles. The molecule has 0 fully saturated rings. The minimum atomic E-state index is -4.77. The van der Waals surface area contributed by atoms with Crippen molar-refractivity contribution in [1.29, 1.82) is 0 Å². The van der Waals surface area contributed by atoms with E-state index in [1.807, 2.05) is 0 Å². The van der Waals surface area contributed by atoms with Gasteiger partial charge >= 0.3 is 153 Å². The normalized spacial score (nSPS) is 13.2. The Morgan fingerprint density at radius 3 is 2.43 bits per heavy atom. The molecule has 1 unspecified atom stereocenters. The van der Waals surface area contributed by atoms with Crippen molar-refractivity contribution in [1.82, 2.24) is 15.5 Å². The molecule has 0 aliphatic heterocycles. The van der Waals surface area contributed by atoms with E-state index in [1.165, 1.54) is 31.2 Å². The summed E-state index contributed by atoms with van der Waals surface area (Å²) in [5, 5.41) is 8.75. The topological polar surface area (TPSA) is 89.6 Å². The monoisotopic (exact) mass is 408 g/mol. The van der Waals surface area contributed by atoms with Crippen molar-refractivity contribution < 1.29 is 40.5 Å². The van der Waals surface area contributed by atoms with Crippen LogP contribution in [0.4, 0.5) is 26.3 Å². The average molecular weight is 408 g/mol. The second kappa shape index (κ2) is 8.40. The Balaban J connectivity index is 1.94. The second-order valence-electron chi connectivity index (χ2n) is 5.40. The van der Waals surface area contributed by atoms with Crippen molar-refractivity contribution in [2.45, 2.75) is 25.2 Å². The molecule has 150 valence electrons. The molecule has 14 heteroatoms. The molecule has 0 saturated carbocycles. The first kappa shape index (κ1) is 21.4. The first-order valence-electron chi connectivity index (χ1n) is 7.50. The van der Waals surface area contributed by atoms with Crippen LogP contribution in [0.25, 0.3) is 11.4 Å². The number of carbonyl (C=O) groups excluding carboxylic acids is 1. The van der Waals surface area contributed by atoms with Crippen LogP contribution in [0.3, 0.4) is 0 Å². The fourth-order valence-corrected chi connectivity index (χ4v) is 1.80. The number of nitrogens with zero attached hydrogens (tertiary/aromatic N) is 3. The van der Waals surface area contributed by atoms with Gasteiger partial charge in [0.25, 0.3) is 0 Å². The summed E-state index contributed by atoms with van der Waals surface area (Å²) in [5.41, 5.74) is 0.325. The van der Waals surface area contributed by atoms with E-state index in [0.29, 0.717) is 0 Å². The zero-order chi connectivity index (χ0) is 20.9. The van der Waals surface area contributed by atoms with Crippen LogP contribution in [0, 0.1) is 0 Å². The van der Waals surface area contributed by atoms with E-state index in [9.17, 15) is 31.1 Å². The molecule has 1 heterocycles. The number of hydrogen-bond acceptors (Lipinski definition) is 6. The SMILES string of the molecule is CC(/B=N/OCC(F)(F)F)NC(=O)c1ccc(-c2noc(C(F)(F)F)n2)cc1. The summed E-state index contributed by atoms with van der Waals surface area (Å²) in [4.78, 5) is 19.3. The van der Waals surface area contributed by atoms with Crippen LogP contribution in [0.5, 0.6) is 0 Å². The van der Waals surface area contributed by atoms with E-state index >= 15 is 0 Å². The first-order valence-corrected chi connectivity index (χ1v) is 7.50. The maximum absolute atomic E-state index is 12.5. The van der Waals surface area contributed by atoms with E-state index in [-0.39, 0.29) is 17.0 Å². The Labute approximate surface area is 154 Å². The van der Waals surface area contributed by atoms with Gasteiger partial charge in [-0.05, 0) is 0 Å². The Morgan fingerprint density at radius 2 is 1.89 bits per heavy atom. The van der Waals surface area contributed by atoms with E-state index in [4.69, 9.17) is 0 Å². The van der Waals surface area contributed by atoms with E-state index in [2.05, 4.69) is 29.9 Å². The molecule has 1 amide bonds. The van der Waals surface area contributed by atoms with Gasteiger partial charge < -0.3 is 0 Å². The average Bonchev–Trinajstić information content (AvgIpc) is 3.08. The number of amides is 1. The standard InChI is InChI=1S/C14H11BF6N4O3/c1-7(15-25-27-6-13(16,17)18)22-11(26)9-4-2-8(3-5-9)10-23-12(28-24-10)14(19,20)21/h2-5,7H,6H2,1H3,(H,22,26). The third-order valence-corrected chi connectivity index (χ3v) is 3.02. The third-order valence-electron chi connectivity index (χ3n) is 3.02. The van der Waals surface area contributed by atoms with Gasteiger partial charge in [-0.15, -0.1) is 0 Å². The van der Waals surface area contributed by atoms with Gasteiger partial charge in [-0.1, -0.05) is 0 Å². The number of halogens is 6. The zero-order valence-electron chi connectivity index (χ0n) is 14.0. The molecule has 28 heavy (non-hydrogen) atoms. The van der Waals surface area contributed by atoms with Crippen molar-refractivity contribution in [2.24, 2.45) is 5.06 Å². The number of rotatable bonds is 6. The Bertz CT molecular complexity index is 835. The number of carbonyl (C=O) groups is 1. The van der Waals surface area contributed by atoms with Gasteiger partial charge in [-0.2, -0.15) is 0 Å². The predicted octanol–water partition coefficient (Wildman–Crippen LogP) is 3.21. The third kappa shape index (κ3) is 6.35. The molecule has 2 rings (SSSR count). The summed E-state index contributed by atoms with van der Waals surface area (Å²) in [7, 11) is 0.968. The molecule has 0 saturated heterocycles. The van der Waals surface area contributed by atoms with Gasteiger partial charge in [0, 0.05) is 0 Å². The molecule has 0 radical (unpaired) electrons. The first-order chi connectivity index (χ1) is 13.0. The molecule has 0 spiro atoms. The maximum atomic E-state index is 12.5. The van der Waals surface area contributed by atoms with Crippen molar-refractivity contribution in [3.8, 4) is 11.4 Å². The molecule has 7 nitrogen and oxygen atoms in total. The molecule has 1 aromatic heterocycles. The Kier molecular flexibility index (Phi) is 6.41. The summed E-state index contributed by atoms with van der Waals surface area (Å²) in [6, 6.07) is 5.23. The van der Waals surface area contributed by atoms with Crippen LogP contribution in [0.1, 0.15) is 23.2 Å². The number of benzene rings is 1. The summed E-state index contributed by atoms with van der Waals surface area (Å²) >= 11 is 0. The number of nitrogens with one attached hydrogen (secondary N) is 1. The van der Waals surface area contributed by atoms with Gasteiger partial charge in [0.2, 0.25) is 0 Å².